The van der Waals surface area contributed by atoms with Crippen molar-refractivity contribution in [2.75, 3.05) is 17.7 Å². The van der Waals surface area contributed by atoms with Crippen LogP contribution in [-0.4, -0.2) is 18.9 Å². The van der Waals surface area contributed by atoms with Gasteiger partial charge in [-0.1, -0.05) is 0 Å². The Morgan fingerprint density at radius 3 is 2.00 bits per heavy atom. The van der Waals surface area contributed by atoms with Crippen LogP contribution in [0.5, 0.6) is 5.75 Å². The third kappa shape index (κ3) is 3.74. The van der Waals surface area contributed by atoms with E-state index in [4.69, 9.17) is 4.74 Å². The molecule has 0 radical (unpaired) electrons. The molecule has 1 aromatic rings. The Kier molecular flexibility index (Phi) is 4.51. The van der Waals surface area contributed by atoms with Gasteiger partial charge in [-0.25, -0.2) is 0 Å². The molecule has 6 heteroatoms. The van der Waals surface area contributed by atoms with E-state index in [0.717, 1.165) is 0 Å². The summed E-state index contributed by atoms with van der Waals surface area (Å²) < 4.78 is 5.81. The van der Waals surface area contributed by atoms with Gasteiger partial charge in [0.15, 0.2) is 0 Å². The predicted octanol–water partition coefficient (Wildman–Crippen LogP) is 2.37. The van der Waals surface area contributed by atoms with Crippen LogP contribution in [0.25, 0.3) is 0 Å². The lowest BCUT2D eigenvalue weighted by Crippen LogP contribution is -2.12. The van der Waals surface area contributed by atoms with Crippen LogP contribution in [0.3, 0.4) is 0 Å². The Morgan fingerprint density at radius 1 is 1.12 bits per heavy atom. The Morgan fingerprint density at radius 2 is 1.59 bits per heavy atom. The van der Waals surface area contributed by atoms with Gasteiger partial charge in [0.25, 0.3) is 0 Å². The third-order valence-corrected chi connectivity index (χ3v) is 2.53. The van der Waals surface area contributed by atoms with Crippen molar-refractivity contribution in [1.82, 2.24) is 0 Å². The highest BCUT2D eigenvalue weighted by atomic mass is 79.9. The van der Waals surface area contributed by atoms with Gasteiger partial charge < -0.3 is 15.4 Å². The summed E-state index contributed by atoms with van der Waals surface area (Å²) in [4.78, 5) is 22.1. The molecule has 1 rings (SSSR count). The van der Waals surface area contributed by atoms with E-state index >= 15 is 0 Å². The number of halogens is 1. The quantitative estimate of drug-likeness (QED) is 0.900. The number of rotatable bonds is 3. The standard InChI is InChI=1S/C11H13BrN2O3/c1-6(15)13-9-4-8(12)11(17-3)5-10(9)14-7(2)16/h4-5H,1-3H3,(H,13,15)(H,14,16). The molecule has 17 heavy (non-hydrogen) atoms. The predicted molar refractivity (Wildman–Crippen MR) is 69.3 cm³/mol. The van der Waals surface area contributed by atoms with Crippen LogP contribution in [0.1, 0.15) is 13.8 Å². The normalized spacial score (nSPS) is 9.65. The molecule has 0 heterocycles. The van der Waals surface area contributed by atoms with Crippen molar-refractivity contribution in [3.63, 3.8) is 0 Å². The highest BCUT2D eigenvalue weighted by molar-refractivity contribution is 9.10. The van der Waals surface area contributed by atoms with Crippen LogP contribution in [0, 0.1) is 0 Å². The number of anilines is 2. The fraction of sp³-hybridized carbons (Fsp3) is 0.273. The second-order valence-electron chi connectivity index (χ2n) is 3.39. The number of carbonyl (C=O) groups excluding carboxylic acids is 2. The van der Waals surface area contributed by atoms with Crippen LogP contribution >= 0.6 is 15.9 Å². The maximum atomic E-state index is 11.1. The topological polar surface area (TPSA) is 67.4 Å². The van der Waals surface area contributed by atoms with Gasteiger partial charge in [-0.2, -0.15) is 0 Å². The van der Waals surface area contributed by atoms with Gasteiger partial charge in [-0.3, -0.25) is 9.59 Å². The summed E-state index contributed by atoms with van der Waals surface area (Å²) in [7, 11) is 1.52. The fourth-order valence-corrected chi connectivity index (χ4v) is 1.80. The maximum Gasteiger partial charge on any atom is 0.221 e. The molecular weight excluding hydrogens is 288 g/mol. The molecule has 1 aromatic carbocycles. The van der Waals surface area contributed by atoms with E-state index in [1.165, 1.54) is 21.0 Å². The molecule has 0 saturated carbocycles. The minimum Gasteiger partial charge on any atom is -0.495 e. The molecule has 0 aliphatic heterocycles. The van der Waals surface area contributed by atoms with Gasteiger partial charge >= 0.3 is 0 Å². The lowest BCUT2D eigenvalue weighted by Gasteiger charge is -2.13. The van der Waals surface area contributed by atoms with Gasteiger partial charge in [0.2, 0.25) is 11.8 Å². The van der Waals surface area contributed by atoms with E-state index in [0.29, 0.717) is 21.6 Å². The molecule has 0 unspecified atom stereocenters. The zero-order valence-electron chi connectivity index (χ0n) is 9.76. The largest absolute Gasteiger partial charge is 0.495 e. The SMILES string of the molecule is COc1cc(NC(C)=O)c(NC(C)=O)cc1Br. The molecule has 0 saturated heterocycles. The van der Waals surface area contributed by atoms with Gasteiger partial charge in [0.1, 0.15) is 5.75 Å². The van der Waals surface area contributed by atoms with E-state index in [9.17, 15) is 9.59 Å². The van der Waals surface area contributed by atoms with Crippen molar-refractivity contribution in [2.24, 2.45) is 0 Å². The number of nitrogens with one attached hydrogen (secondary N) is 2. The molecule has 0 aromatic heterocycles. The van der Waals surface area contributed by atoms with Crippen LogP contribution in [0.4, 0.5) is 11.4 Å². The van der Waals surface area contributed by atoms with Crippen molar-refractivity contribution in [3.05, 3.63) is 16.6 Å². The van der Waals surface area contributed by atoms with E-state index < -0.39 is 0 Å². The van der Waals surface area contributed by atoms with E-state index in [1.807, 2.05) is 0 Å². The monoisotopic (exact) mass is 300 g/mol. The molecule has 2 amide bonds. The minimum atomic E-state index is -0.221. The molecular formula is C11H13BrN2O3. The van der Waals surface area contributed by atoms with Gasteiger partial charge in [0, 0.05) is 19.9 Å². The second-order valence-corrected chi connectivity index (χ2v) is 4.25. The summed E-state index contributed by atoms with van der Waals surface area (Å²) in [6, 6.07) is 3.31. The first-order valence-corrected chi connectivity index (χ1v) is 5.66. The van der Waals surface area contributed by atoms with Gasteiger partial charge in [-0.15, -0.1) is 0 Å². The minimum absolute atomic E-state index is 0.214. The molecule has 0 atom stereocenters. The molecule has 0 bridgehead atoms. The molecule has 5 nitrogen and oxygen atoms in total. The summed E-state index contributed by atoms with van der Waals surface area (Å²) in [6.07, 6.45) is 0. The van der Waals surface area contributed by atoms with Crippen LogP contribution in [0.2, 0.25) is 0 Å². The Labute approximate surface area is 108 Å². The van der Waals surface area contributed by atoms with Gasteiger partial charge in [0.05, 0.1) is 23.0 Å². The number of carbonyl (C=O) groups is 2. The first-order valence-electron chi connectivity index (χ1n) is 4.86. The van der Waals surface area contributed by atoms with Crippen LogP contribution in [0.15, 0.2) is 16.6 Å². The van der Waals surface area contributed by atoms with Crippen molar-refractivity contribution in [3.8, 4) is 5.75 Å². The summed E-state index contributed by atoms with van der Waals surface area (Å²) >= 11 is 3.31. The molecule has 0 spiro atoms. The summed E-state index contributed by atoms with van der Waals surface area (Å²) in [5.74, 6) is 0.137. The van der Waals surface area contributed by atoms with E-state index in [1.54, 1.807) is 12.1 Å². The zero-order valence-corrected chi connectivity index (χ0v) is 11.3. The van der Waals surface area contributed by atoms with E-state index in [-0.39, 0.29) is 11.8 Å². The number of hydrogen-bond acceptors (Lipinski definition) is 3. The average Bonchev–Trinajstić information content (AvgIpc) is 2.20. The van der Waals surface area contributed by atoms with Crippen molar-refractivity contribution in [1.29, 1.82) is 0 Å². The highest BCUT2D eigenvalue weighted by Crippen LogP contribution is 2.34. The van der Waals surface area contributed by atoms with Gasteiger partial charge in [-0.05, 0) is 22.0 Å². The molecule has 2 N–H and O–H groups in total. The number of benzene rings is 1. The molecule has 0 aliphatic carbocycles. The third-order valence-electron chi connectivity index (χ3n) is 1.91. The smallest absolute Gasteiger partial charge is 0.221 e. The second kappa shape index (κ2) is 5.67. The highest BCUT2D eigenvalue weighted by Gasteiger charge is 2.11. The lowest BCUT2D eigenvalue weighted by molar-refractivity contribution is -0.115. The number of hydrogen-bond donors (Lipinski definition) is 2. The van der Waals surface area contributed by atoms with Crippen molar-refractivity contribution in [2.45, 2.75) is 13.8 Å². The zero-order chi connectivity index (χ0) is 13.0. The number of ether oxygens (including phenoxy) is 1. The number of amides is 2. The molecule has 0 aliphatic rings. The summed E-state index contributed by atoms with van der Waals surface area (Å²) in [6.45, 7) is 2.79. The first-order chi connectivity index (χ1) is 7.93. The fourth-order valence-electron chi connectivity index (χ4n) is 1.30. The summed E-state index contributed by atoms with van der Waals surface area (Å²) in [5, 5.41) is 5.26. The van der Waals surface area contributed by atoms with Crippen molar-refractivity contribution >= 4 is 39.1 Å². The van der Waals surface area contributed by atoms with Crippen LogP contribution in [-0.2, 0) is 9.59 Å². The van der Waals surface area contributed by atoms with E-state index in [2.05, 4.69) is 26.6 Å². The maximum absolute atomic E-state index is 11.1. The average molecular weight is 301 g/mol. The molecule has 92 valence electrons. The lowest BCUT2D eigenvalue weighted by atomic mass is 10.2. The molecule has 0 fully saturated rings. The Hall–Kier alpha value is -1.56. The Bertz CT molecular complexity index is 460. The summed E-state index contributed by atoms with van der Waals surface area (Å²) in [5.41, 5.74) is 1.01. The van der Waals surface area contributed by atoms with Crippen molar-refractivity contribution < 1.29 is 14.3 Å². The van der Waals surface area contributed by atoms with Crippen LogP contribution < -0.4 is 15.4 Å². The number of methoxy groups -OCH3 is 1. The Balaban J connectivity index is 3.20. The first kappa shape index (κ1) is 13.5.